The highest BCUT2D eigenvalue weighted by Gasteiger charge is 2.34. The molecule has 2 amide bonds. The van der Waals surface area contributed by atoms with Crippen LogP contribution in [0.3, 0.4) is 0 Å². The Labute approximate surface area is 134 Å². The third kappa shape index (κ3) is 3.82. The zero-order chi connectivity index (χ0) is 14.8. The van der Waals surface area contributed by atoms with Crippen molar-refractivity contribution >= 4 is 34.9 Å². The first-order valence-electron chi connectivity index (χ1n) is 7.39. The largest absolute Gasteiger partial charge is 0.322 e. The highest BCUT2D eigenvalue weighted by molar-refractivity contribution is 6.35. The van der Waals surface area contributed by atoms with Crippen molar-refractivity contribution in [2.75, 3.05) is 18.4 Å². The van der Waals surface area contributed by atoms with E-state index in [1.54, 1.807) is 18.2 Å². The summed E-state index contributed by atoms with van der Waals surface area (Å²) in [4.78, 5) is 14.5. The third-order valence-corrected chi connectivity index (χ3v) is 4.56. The minimum Gasteiger partial charge on any atom is -0.320 e. The van der Waals surface area contributed by atoms with E-state index in [-0.39, 0.29) is 6.03 Å². The van der Waals surface area contributed by atoms with Crippen LogP contribution in [0.1, 0.15) is 25.7 Å². The molecule has 0 bridgehead atoms. The first-order valence-corrected chi connectivity index (χ1v) is 8.15. The maximum Gasteiger partial charge on any atom is 0.322 e. The normalized spacial score (nSPS) is 21.3. The Morgan fingerprint density at radius 1 is 1.33 bits per heavy atom. The number of amides is 2. The second-order valence-electron chi connectivity index (χ2n) is 5.73. The molecule has 1 aromatic carbocycles. The van der Waals surface area contributed by atoms with Gasteiger partial charge in [-0.1, -0.05) is 23.2 Å². The van der Waals surface area contributed by atoms with Crippen molar-refractivity contribution in [3.63, 3.8) is 0 Å². The van der Waals surface area contributed by atoms with Crippen LogP contribution in [-0.4, -0.2) is 36.1 Å². The summed E-state index contributed by atoms with van der Waals surface area (Å²) in [6, 6.07) is 5.77. The van der Waals surface area contributed by atoms with Crippen LogP contribution in [0.2, 0.25) is 10.0 Å². The van der Waals surface area contributed by atoms with Crippen LogP contribution in [0.4, 0.5) is 10.5 Å². The molecule has 1 heterocycles. The topological polar surface area (TPSA) is 44.4 Å². The fourth-order valence-electron chi connectivity index (χ4n) is 2.71. The number of nitrogens with one attached hydrogen (secondary N) is 2. The molecule has 6 heteroatoms. The molecule has 1 unspecified atom stereocenters. The van der Waals surface area contributed by atoms with Crippen molar-refractivity contribution in [3.05, 3.63) is 28.2 Å². The standard InChI is InChI=1S/C15H19Cl2N3O/c16-10-3-6-13(17)14(8-10)19-15(21)20(12-4-5-12)9-11-2-1-7-18-11/h3,6,8,11-12,18H,1-2,4-5,7,9H2,(H,19,21). The average Bonchev–Trinajstić information content (AvgIpc) is 3.16. The zero-order valence-corrected chi connectivity index (χ0v) is 13.3. The molecule has 21 heavy (non-hydrogen) atoms. The summed E-state index contributed by atoms with van der Waals surface area (Å²) in [6.45, 7) is 1.81. The highest BCUT2D eigenvalue weighted by atomic mass is 35.5. The molecular weight excluding hydrogens is 309 g/mol. The lowest BCUT2D eigenvalue weighted by Crippen LogP contribution is -2.44. The Balaban J connectivity index is 1.67. The lowest BCUT2D eigenvalue weighted by Gasteiger charge is -2.26. The van der Waals surface area contributed by atoms with Gasteiger partial charge >= 0.3 is 6.03 Å². The average molecular weight is 328 g/mol. The van der Waals surface area contributed by atoms with Crippen LogP contribution in [0.25, 0.3) is 0 Å². The maximum absolute atomic E-state index is 12.5. The number of halogens is 2. The summed E-state index contributed by atoms with van der Waals surface area (Å²) in [7, 11) is 0. The number of benzene rings is 1. The molecule has 0 spiro atoms. The fourth-order valence-corrected chi connectivity index (χ4v) is 3.05. The Kier molecular flexibility index (Phi) is 4.57. The molecule has 2 aliphatic rings. The summed E-state index contributed by atoms with van der Waals surface area (Å²) in [6.07, 6.45) is 4.49. The van der Waals surface area contributed by atoms with Gasteiger partial charge in [-0.3, -0.25) is 0 Å². The van der Waals surface area contributed by atoms with E-state index in [0.29, 0.717) is 27.8 Å². The predicted octanol–water partition coefficient (Wildman–Crippen LogP) is 3.74. The van der Waals surface area contributed by atoms with E-state index in [4.69, 9.17) is 23.2 Å². The molecule has 1 saturated carbocycles. The quantitative estimate of drug-likeness (QED) is 0.884. The van der Waals surface area contributed by atoms with Gasteiger partial charge in [0.25, 0.3) is 0 Å². The van der Waals surface area contributed by atoms with Crippen LogP contribution in [0, 0.1) is 0 Å². The van der Waals surface area contributed by atoms with Gasteiger partial charge in [-0.2, -0.15) is 0 Å². The van der Waals surface area contributed by atoms with Gasteiger partial charge in [0.1, 0.15) is 0 Å². The third-order valence-electron chi connectivity index (χ3n) is 4.00. The smallest absolute Gasteiger partial charge is 0.320 e. The lowest BCUT2D eigenvalue weighted by molar-refractivity contribution is 0.203. The number of hydrogen-bond acceptors (Lipinski definition) is 2. The number of nitrogens with zero attached hydrogens (tertiary/aromatic N) is 1. The molecule has 3 rings (SSSR count). The molecule has 1 aromatic rings. The summed E-state index contributed by atoms with van der Waals surface area (Å²) in [5, 5.41) is 7.39. The minimum atomic E-state index is -0.0876. The first kappa shape index (κ1) is 14.9. The van der Waals surface area contributed by atoms with Gasteiger partial charge in [-0.25, -0.2) is 4.79 Å². The van der Waals surface area contributed by atoms with Crippen molar-refractivity contribution in [1.29, 1.82) is 0 Å². The first-order chi connectivity index (χ1) is 10.1. The Bertz CT molecular complexity index is 528. The van der Waals surface area contributed by atoms with Crippen molar-refractivity contribution in [1.82, 2.24) is 10.2 Å². The van der Waals surface area contributed by atoms with Gasteiger partial charge in [0.05, 0.1) is 10.7 Å². The van der Waals surface area contributed by atoms with E-state index in [1.807, 2.05) is 4.90 Å². The van der Waals surface area contributed by atoms with Crippen LogP contribution < -0.4 is 10.6 Å². The van der Waals surface area contributed by atoms with E-state index in [0.717, 1.165) is 32.4 Å². The van der Waals surface area contributed by atoms with Crippen LogP contribution in [-0.2, 0) is 0 Å². The second kappa shape index (κ2) is 6.42. The van der Waals surface area contributed by atoms with E-state index in [1.165, 1.54) is 6.42 Å². The number of urea groups is 1. The number of carbonyl (C=O) groups excluding carboxylic acids is 1. The lowest BCUT2D eigenvalue weighted by atomic mass is 10.2. The molecule has 114 valence electrons. The van der Waals surface area contributed by atoms with Crippen molar-refractivity contribution < 1.29 is 4.79 Å². The van der Waals surface area contributed by atoms with Crippen LogP contribution >= 0.6 is 23.2 Å². The van der Waals surface area contributed by atoms with Gasteiger partial charge in [0.15, 0.2) is 0 Å². The minimum absolute atomic E-state index is 0.0876. The van der Waals surface area contributed by atoms with Crippen molar-refractivity contribution in [2.24, 2.45) is 0 Å². The van der Waals surface area contributed by atoms with E-state index in [9.17, 15) is 4.79 Å². The van der Waals surface area contributed by atoms with Gasteiger partial charge in [0, 0.05) is 23.7 Å². The highest BCUT2D eigenvalue weighted by Crippen LogP contribution is 2.30. The summed E-state index contributed by atoms with van der Waals surface area (Å²) in [5.41, 5.74) is 0.569. The summed E-state index contributed by atoms with van der Waals surface area (Å²) >= 11 is 12.1. The molecule has 1 aliphatic carbocycles. The van der Waals surface area contributed by atoms with Gasteiger partial charge in [0.2, 0.25) is 0 Å². The molecule has 1 aliphatic heterocycles. The summed E-state index contributed by atoms with van der Waals surface area (Å²) < 4.78 is 0. The van der Waals surface area contributed by atoms with Crippen molar-refractivity contribution in [2.45, 2.75) is 37.8 Å². The fraction of sp³-hybridized carbons (Fsp3) is 0.533. The Morgan fingerprint density at radius 2 is 2.14 bits per heavy atom. The van der Waals surface area contributed by atoms with Gasteiger partial charge in [-0.05, 0) is 50.4 Å². The van der Waals surface area contributed by atoms with Crippen LogP contribution in [0.15, 0.2) is 18.2 Å². The summed E-state index contributed by atoms with van der Waals surface area (Å²) in [5.74, 6) is 0. The van der Waals surface area contributed by atoms with Gasteiger partial charge < -0.3 is 15.5 Å². The molecule has 1 saturated heterocycles. The number of rotatable bonds is 4. The monoisotopic (exact) mass is 327 g/mol. The zero-order valence-electron chi connectivity index (χ0n) is 11.7. The number of carbonyl (C=O) groups is 1. The Hall–Kier alpha value is -0.970. The molecular formula is C15H19Cl2N3O. The molecule has 2 N–H and O–H groups in total. The second-order valence-corrected chi connectivity index (χ2v) is 6.57. The molecule has 2 fully saturated rings. The SMILES string of the molecule is O=C(Nc1cc(Cl)ccc1Cl)N(CC1CCCN1)C1CC1. The number of anilines is 1. The predicted molar refractivity (Wildman–Crippen MR) is 86.2 cm³/mol. The Morgan fingerprint density at radius 3 is 2.81 bits per heavy atom. The molecule has 0 radical (unpaired) electrons. The van der Waals surface area contributed by atoms with Crippen molar-refractivity contribution in [3.8, 4) is 0 Å². The van der Waals surface area contributed by atoms with Gasteiger partial charge in [-0.15, -0.1) is 0 Å². The maximum atomic E-state index is 12.5. The molecule has 0 aromatic heterocycles. The van der Waals surface area contributed by atoms with Crippen LogP contribution in [0.5, 0.6) is 0 Å². The van der Waals surface area contributed by atoms with E-state index in [2.05, 4.69) is 10.6 Å². The molecule has 4 nitrogen and oxygen atoms in total. The van der Waals surface area contributed by atoms with E-state index < -0.39 is 0 Å². The number of hydrogen-bond donors (Lipinski definition) is 2. The van der Waals surface area contributed by atoms with E-state index >= 15 is 0 Å². The molecule has 1 atom stereocenters.